The van der Waals surface area contributed by atoms with Gasteiger partial charge in [0, 0.05) is 5.25 Å². The summed E-state index contributed by atoms with van der Waals surface area (Å²) in [7, 11) is 1.47. The summed E-state index contributed by atoms with van der Waals surface area (Å²) in [5.74, 6) is -0.101. The second-order valence-corrected chi connectivity index (χ2v) is 4.84. The highest BCUT2D eigenvalue weighted by atomic mass is 32.2. The maximum Gasteiger partial charge on any atom is 0.326 e. The number of hydrogen-bond donors (Lipinski definition) is 1. The molecule has 0 amide bonds. The predicted molar refractivity (Wildman–Crippen MR) is 59.6 cm³/mol. The Morgan fingerprint density at radius 2 is 2.43 bits per heavy atom. The van der Waals surface area contributed by atoms with Crippen LogP contribution in [0.5, 0.6) is 0 Å². The summed E-state index contributed by atoms with van der Waals surface area (Å²) in [4.78, 5) is 11.7. The van der Waals surface area contributed by atoms with Crippen LogP contribution >= 0.6 is 11.8 Å². The molecule has 0 heterocycles. The van der Waals surface area contributed by atoms with Crippen molar-refractivity contribution in [3.05, 3.63) is 0 Å². The lowest BCUT2D eigenvalue weighted by Crippen LogP contribution is -2.50. The molecule has 1 aliphatic carbocycles. The second kappa shape index (κ2) is 5.03. The van der Waals surface area contributed by atoms with Gasteiger partial charge in [-0.05, 0) is 32.1 Å². The monoisotopic (exact) mass is 217 g/mol. The molecule has 2 atom stereocenters. The molecule has 0 spiro atoms. The van der Waals surface area contributed by atoms with Crippen LogP contribution in [0.4, 0.5) is 0 Å². The SMILES string of the molecule is CCNC1(C(=O)OC)CCC(SC)C1. The van der Waals surface area contributed by atoms with Gasteiger partial charge in [0.15, 0.2) is 0 Å². The molecule has 1 fully saturated rings. The van der Waals surface area contributed by atoms with Crippen molar-refractivity contribution in [2.24, 2.45) is 0 Å². The van der Waals surface area contributed by atoms with Crippen LogP contribution in [0.2, 0.25) is 0 Å². The molecule has 1 saturated carbocycles. The number of rotatable bonds is 4. The smallest absolute Gasteiger partial charge is 0.326 e. The number of esters is 1. The topological polar surface area (TPSA) is 38.3 Å². The van der Waals surface area contributed by atoms with Crippen LogP contribution in [0, 0.1) is 0 Å². The standard InChI is InChI=1S/C10H19NO2S/c1-4-11-10(9(12)13-2)6-5-8(7-10)14-3/h8,11H,4-7H2,1-3H3. The summed E-state index contributed by atoms with van der Waals surface area (Å²) in [5.41, 5.74) is -0.406. The number of nitrogens with one attached hydrogen (secondary N) is 1. The first-order chi connectivity index (χ1) is 6.68. The van der Waals surface area contributed by atoms with Crippen molar-refractivity contribution in [3.8, 4) is 0 Å². The van der Waals surface area contributed by atoms with Crippen LogP contribution in [0.1, 0.15) is 26.2 Å². The predicted octanol–water partition coefficient (Wildman–Crippen LogP) is 1.42. The molecule has 1 N–H and O–H groups in total. The molecule has 82 valence electrons. The molecule has 0 saturated heterocycles. The molecule has 4 heteroatoms. The lowest BCUT2D eigenvalue weighted by Gasteiger charge is -2.27. The molecule has 3 nitrogen and oxygen atoms in total. The molecule has 0 aromatic heterocycles. The Balaban J connectivity index is 2.69. The zero-order valence-electron chi connectivity index (χ0n) is 9.13. The van der Waals surface area contributed by atoms with E-state index in [1.165, 1.54) is 7.11 Å². The Morgan fingerprint density at radius 1 is 1.71 bits per heavy atom. The third kappa shape index (κ3) is 2.23. The molecule has 0 aromatic carbocycles. The molecule has 0 aliphatic heterocycles. The van der Waals surface area contributed by atoms with Gasteiger partial charge in [-0.25, -0.2) is 0 Å². The van der Waals surface area contributed by atoms with Gasteiger partial charge >= 0.3 is 5.97 Å². The molecule has 14 heavy (non-hydrogen) atoms. The maximum atomic E-state index is 11.7. The van der Waals surface area contributed by atoms with Crippen molar-refractivity contribution in [2.45, 2.75) is 37.0 Å². The number of ether oxygens (including phenoxy) is 1. The van der Waals surface area contributed by atoms with Gasteiger partial charge in [0.1, 0.15) is 5.54 Å². The van der Waals surface area contributed by atoms with E-state index in [-0.39, 0.29) is 5.97 Å². The number of carbonyl (C=O) groups is 1. The van der Waals surface area contributed by atoms with E-state index < -0.39 is 5.54 Å². The van der Waals surface area contributed by atoms with Crippen molar-refractivity contribution in [2.75, 3.05) is 19.9 Å². The zero-order chi connectivity index (χ0) is 10.6. The van der Waals surface area contributed by atoms with Crippen molar-refractivity contribution in [3.63, 3.8) is 0 Å². The fraction of sp³-hybridized carbons (Fsp3) is 0.900. The van der Waals surface area contributed by atoms with E-state index in [1.807, 2.05) is 18.7 Å². The van der Waals surface area contributed by atoms with E-state index in [4.69, 9.17) is 4.74 Å². The van der Waals surface area contributed by atoms with Crippen LogP contribution in [-0.4, -0.2) is 36.7 Å². The number of likely N-dealkylation sites (N-methyl/N-ethyl adjacent to an activating group) is 1. The van der Waals surface area contributed by atoms with E-state index in [1.54, 1.807) is 0 Å². The number of hydrogen-bond acceptors (Lipinski definition) is 4. The van der Waals surface area contributed by atoms with E-state index in [0.29, 0.717) is 5.25 Å². The Hall–Kier alpha value is -0.220. The van der Waals surface area contributed by atoms with Crippen LogP contribution in [-0.2, 0) is 9.53 Å². The second-order valence-electron chi connectivity index (χ2n) is 3.70. The normalized spacial score (nSPS) is 31.8. The van der Waals surface area contributed by atoms with Crippen molar-refractivity contribution in [1.82, 2.24) is 5.32 Å². The van der Waals surface area contributed by atoms with Crippen LogP contribution in [0.25, 0.3) is 0 Å². The van der Waals surface area contributed by atoms with Gasteiger partial charge in [-0.2, -0.15) is 11.8 Å². The van der Waals surface area contributed by atoms with Crippen LogP contribution < -0.4 is 5.32 Å². The first-order valence-electron chi connectivity index (χ1n) is 5.04. The summed E-state index contributed by atoms with van der Waals surface area (Å²) in [5, 5.41) is 3.88. The Bertz CT molecular complexity index is 210. The van der Waals surface area contributed by atoms with Crippen molar-refractivity contribution in [1.29, 1.82) is 0 Å². The van der Waals surface area contributed by atoms with E-state index in [2.05, 4.69) is 11.6 Å². The van der Waals surface area contributed by atoms with Gasteiger partial charge in [0.05, 0.1) is 7.11 Å². The van der Waals surface area contributed by atoms with E-state index in [9.17, 15) is 4.79 Å². The molecule has 0 aromatic rings. The Morgan fingerprint density at radius 3 is 2.86 bits per heavy atom. The van der Waals surface area contributed by atoms with Crippen LogP contribution in [0.3, 0.4) is 0 Å². The molecule has 1 aliphatic rings. The van der Waals surface area contributed by atoms with Gasteiger partial charge in [-0.15, -0.1) is 0 Å². The number of thioether (sulfide) groups is 1. The lowest BCUT2D eigenvalue weighted by molar-refractivity contribution is -0.148. The lowest BCUT2D eigenvalue weighted by atomic mass is 9.98. The highest BCUT2D eigenvalue weighted by Gasteiger charge is 2.45. The highest BCUT2D eigenvalue weighted by Crippen LogP contribution is 2.36. The van der Waals surface area contributed by atoms with Gasteiger partial charge in [-0.3, -0.25) is 4.79 Å². The molecule has 1 rings (SSSR count). The minimum absolute atomic E-state index is 0.101. The Kier molecular flexibility index (Phi) is 4.26. The third-order valence-electron chi connectivity index (χ3n) is 2.89. The highest BCUT2D eigenvalue weighted by molar-refractivity contribution is 7.99. The molecule has 0 bridgehead atoms. The number of methoxy groups -OCH3 is 1. The summed E-state index contributed by atoms with van der Waals surface area (Å²) in [6, 6.07) is 0. The fourth-order valence-corrected chi connectivity index (χ4v) is 2.96. The Labute approximate surface area is 90.0 Å². The summed E-state index contributed by atoms with van der Waals surface area (Å²) in [6.07, 6.45) is 5.00. The minimum atomic E-state index is -0.406. The first kappa shape index (κ1) is 11.9. The molecule has 2 unspecified atom stereocenters. The van der Waals surface area contributed by atoms with Gasteiger partial charge in [0.2, 0.25) is 0 Å². The van der Waals surface area contributed by atoms with Crippen molar-refractivity contribution < 1.29 is 9.53 Å². The minimum Gasteiger partial charge on any atom is -0.468 e. The average molecular weight is 217 g/mol. The van der Waals surface area contributed by atoms with Gasteiger partial charge < -0.3 is 10.1 Å². The summed E-state index contributed by atoms with van der Waals surface area (Å²) in [6.45, 7) is 2.84. The fourth-order valence-electron chi connectivity index (χ4n) is 2.15. The van der Waals surface area contributed by atoms with Crippen molar-refractivity contribution >= 4 is 17.7 Å². The molecule has 0 radical (unpaired) electrons. The molecular formula is C10H19NO2S. The summed E-state index contributed by atoms with van der Waals surface area (Å²) >= 11 is 1.84. The average Bonchev–Trinajstić information content (AvgIpc) is 2.62. The van der Waals surface area contributed by atoms with Gasteiger partial charge in [-0.1, -0.05) is 6.92 Å². The van der Waals surface area contributed by atoms with E-state index >= 15 is 0 Å². The zero-order valence-corrected chi connectivity index (χ0v) is 9.95. The summed E-state index contributed by atoms with van der Waals surface area (Å²) < 4.78 is 4.87. The van der Waals surface area contributed by atoms with Crippen LogP contribution in [0.15, 0.2) is 0 Å². The largest absolute Gasteiger partial charge is 0.468 e. The van der Waals surface area contributed by atoms with Gasteiger partial charge in [0.25, 0.3) is 0 Å². The maximum absolute atomic E-state index is 11.7. The third-order valence-corrected chi connectivity index (χ3v) is 3.96. The van der Waals surface area contributed by atoms with E-state index in [0.717, 1.165) is 25.8 Å². The first-order valence-corrected chi connectivity index (χ1v) is 6.33. The molecular weight excluding hydrogens is 198 g/mol. The quantitative estimate of drug-likeness (QED) is 0.723. The number of carbonyl (C=O) groups excluding carboxylic acids is 1.